The van der Waals surface area contributed by atoms with Crippen LogP contribution in [0.3, 0.4) is 0 Å². The Labute approximate surface area is 254 Å². The van der Waals surface area contributed by atoms with Crippen molar-refractivity contribution in [3.05, 3.63) is 60.9 Å². The van der Waals surface area contributed by atoms with Gasteiger partial charge in [0.25, 0.3) is 0 Å². The lowest BCUT2D eigenvalue weighted by molar-refractivity contribution is -0.147. The molecule has 2 aromatic carbocycles. The molecule has 0 bridgehead atoms. The van der Waals surface area contributed by atoms with E-state index < -0.39 is 30.1 Å². The van der Waals surface area contributed by atoms with Crippen LogP contribution in [0.15, 0.2) is 60.9 Å². The second-order valence-corrected chi connectivity index (χ2v) is 11.3. The Bertz CT molecular complexity index is 1250. The number of carbonyl (C=O) groups excluding carboxylic acids is 1. The van der Waals surface area contributed by atoms with Crippen LogP contribution in [-0.4, -0.2) is 40.1 Å². The van der Waals surface area contributed by atoms with E-state index in [-0.39, 0.29) is 12.2 Å². The normalized spacial score (nSPS) is 14.9. The monoisotopic (exact) mass is 598 g/mol. The highest BCUT2D eigenvalue weighted by molar-refractivity contribution is 5.81. The molecule has 0 saturated heterocycles. The van der Waals surface area contributed by atoms with Gasteiger partial charge in [-0.05, 0) is 62.9 Å². The van der Waals surface area contributed by atoms with Crippen LogP contribution in [0.4, 0.5) is 13.2 Å². The van der Waals surface area contributed by atoms with Gasteiger partial charge in [0.2, 0.25) is 5.67 Å². The summed E-state index contributed by atoms with van der Waals surface area (Å²) in [6.45, 7) is 6.40. The van der Waals surface area contributed by atoms with Crippen LogP contribution < -0.4 is 9.47 Å². The topological polar surface area (TPSA) is 61.3 Å². The molecule has 4 atom stereocenters. The van der Waals surface area contributed by atoms with E-state index in [1.54, 1.807) is 67.8 Å². The summed E-state index contributed by atoms with van der Waals surface area (Å²) in [6.07, 6.45) is 8.07. The van der Waals surface area contributed by atoms with Crippen molar-refractivity contribution in [2.45, 2.75) is 116 Å². The van der Waals surface area contributed by atoms with Crippen molar-refractivity contribution in [3.63, 3.8) is 0 Å². The summed E-state index contributed by atoms with van der Waals surface area (Å²) in [6, 6.07) is 13.7. The molecule has 8 heteroatoms. The van der Waals surface area contributed by atoms with E-state index in [1.165, 1.54) is 39.5 Å². The van der Waals surface area contributed by atoms with Gasteiger partial charge < -0.3 is 9.47 Å². The van der Waals surface area contributed by atoms with Crippen molar-refractivity contribution in [2.75, 3.05) is 0 Å². The SMILES string of the molecule is CCCCCCCCCCC(C)(F)C(=O)Oc1ccc(-c2cnc(-c3ccccc3OC(CC)C(F)C(C)F)nc2)cc1. The maximum absolute atomic E-state index is 15.0. The van der Waals surface area contributed by atoms with Crippen LogP contribution in [-0.2, 0) is 4.79 Å². The first-order chi connectivity index (χ1) is 20.7. The zero-order chi connectivity index (χ0) is 31.2. The fraction of sp³-hybridized carbons (Fsp3) is 0.514. The highest BCUT2D eigenvalue weighted by Crippen LogP contribution is 2.31. The van der Waals surface area contributed by atoms with Crippen molar-refractivity contribution in [3.8, 4) is 34.0 Å². The zero-order valence-corrected chi connectivity index (χ0v) is 25.8. The Morgan fingerprint density at radius 1 is 0.860 bits per heavy atom. The Hall–Kier alpha value is -3.42. The minimum Gasteiger partial charge on any atom is -0.487 e. The van der Waals surface area contributed by atoms with E-state index in [0.29, 0.717) is 35.5 Å². The van der Waals surface area contributed by atoms with E-state index in [4.69, 9.17) is 9.47 Å². The highest BCUT2D eigenvalue weighted by Gasteiger charge is 2.34. The minimum atomic E-state index is -2.04. The number of rotatable bonds is 18. The van der Waals surface area contributed by atoms with Crippen molar-refractivity contribution in [2.24, 2.45) is 0 Å². The summed E-state index contributed by atoms with van der Waals surface area (Å²) >= 11 is 0. The quantitative estimate of drug-likeness (QED) is 0.0829. The Morgan fingerprint density at radius 2 is 1.47 bits per heavy atom. The van der Waals surface area contributed by atoms with Crippen LogP contribution in [0, 0.1) is 0 Å². The third kappa shape index (κ3) is 10.4. The Kier molecular flexibility index (Phi) is 13.5. The number of carbonyl (C=O) groups is 1. The smallest absolute Gasteiger partial charge is 0.348 e. The number of halogens is 3. The molecule has 234 valence electrons. The number of benzene rings is 2. The van der Waals surface area contributed by atoms with E-state index in [2.05, 4.69) is 16.9 Å². The number of hydrogen-bond donors (Lipinski definition) is 0. The molecule has 3 rings (SSSR count). The molecule has 0 saturated carbocycles. The van der Waals surface area contributed by atoms with Gasteiger partial charge in [-0.3, -0.25) is 0 Å². The molecule has 0 aliphatic carbocycles. The van der Waals surface area contributed by atoms with Gasteiger partial charge in [-0.2, -0.15) is 0 Å². The van der Waals surface area contributed by atoms with Gasteiger partial charge in [0.1, 0.15) is 23.8 Å². The number of nitrogens with zero attached hydrogens (tertiary/aromatic N) is 2. The van der Waals surface area contributed by atoms with E-state index in [9.17, 15) is 13.6 Å². The number of alkyl halides is 3. The van der Waals surface area contributed by atoms with E-state index >= 15 is 4.39 Å². The third-order valence-corrected chi connectivity index (χ3v) is 7.58. The fourth-order valence-corrected chi connectivity index (χ4v) is 4.82. The number of para-hydroxylation sites is 1. The molecule has 0 amide bonds. The second kappa shape index (κ2) is 17.0. The van der Waals surface area contributed by atoms with Gasteiger partial charge in [-0.1, -0.05) is 83.1 Å². The summed E-state index contributed by atoms with van der Waals surface area (Å²) in [5.74, 6) is 0.125. The van der Waals surface area contributed by atoms with Crippen molar-refractivity contribution in [1.82, 2.24) is 9.97 Å². The first-order valence-electron chi connectivity index (χ1n) is 15.5. The fourth-order valence-electron chi connectivity index (χ4n) is 4.82. The largest absolute Gasteiger partial charge is 0.487 e. The molecule has 1 aromatic heterocycles. The number of hydrogen-bond acceptors (Lipinski definition) is 5. The van der Waals surface area contributed by atoms with Gasteiger partial charge in [-0.15, -0.1) is 0 Å². The first-order valence-corrected chi connectivity index (χ1v) is 15.5. The zero-order valence-electron chi connectivity index (χ0n) is 25.8. The summed E-state index contributed by atoms with van der Waals surface area (Å²) in [5, 5.41) is 0. The summed E-state index contributed by atoms with van der Waals surface area (Å²) < 4.78 is 54.1. The molecule has 0 fully saturated rings. The molecular formula is C35H45F3N2O3. The van der Waals surface area contributed by atoms with E-state index in [1.807, 2.05) is 0 Å². The van der Waals surface area contributed by atoms with Crippen LogP contribution in [0.1, 0.15) is 91.9 Å². The van der Waals surface area contributed by atoms with Crippen LogP contribution >= 0.6 is 0 Å². The Morgan fingerprint density at radius 3 is 2.07 bits per heavy atom. The van der Waals surface area contributed by atoms with Crippen molar-refractivity contribution >= 4 is 5.97 Å². The van der Waals surface area contributed by atoms with Crippen LogP contribution in [0.5, 0.6) is 11.5 Å². The first kappa shape index (κ1) is 34.1. The van der Waals surface area contributed by atoms with E-state index in [0.717, 1.165) is 24.8 Å². The summed E-state index contributed by atoms with van der Waals surface area (Å²) in [4.78, 5) is 21.5. The molecule has 0 radical (unpaired) electrons. The number of esters is 1. The maximum Gasteiger partial charge on any atom is 0.348 e. The molecule has 5 nitrogen and oxygen atoms in total. The van der Waals surface area contributed by atoms with Gasteiger partial charge in [0.05, 0.1) is 5.56 Å². The lowest BCUT2D eigenvalue weighted by Crippen LogP contribution is -2.34. The molecule has 43 heavy (non-hydrogen) atoms. The maximum atomic E-state index is 15.0. The van der Waals surface area contributed by atoms with Gasteiger partial charge >= 0.3 is 5.97 Å². The van der Waals surface area contributed by atoms with Crippen molar-refractivity contribution < 1.29 is 27.4 Å². The molecule has 0 aliphatic rings. The number of ether oxygens (including phenoxy) is 2. The predicted molar refractivity (Wildman–Crippen MR) is 165 cm³/mol. The average Bonchev–Trinajstić information content (AvgIpc) is 3.01. The summed E-state index contributed by atoms with van der Waals surface area (Å²) in [5.41, 5.74) is 0.0130. The van der Waals surface area contributed by atoms with Gasteiger partial charge in [0, 0.05) is 18.0 Å². The molecule has 3 aromatic rings. The molecule has 0 spiro atoms. The number of aromatic nitrogens is 2. The predicted octanol–water partition coefficient (Wildman–Crippen LogP) is 9.83. The van der Waals surface area contributed by atoms with Crippen LogP contribution in [0.25, 0.3) is 22.5 Å². The lowest BCUT2D eigenvalue weighted by Gasteiger charge is -2.23. The van der Waals surface area contributed by atoms with Gasteiger partial charge in [0.15, 0.2) is 12.0 Å². The molecular weight excluding hydrogens is 553 g/mol. The van der Waals surface area contributed by atoms with Crippen LogP contribution in [0.2, 0.25) is 0 Å². The Balaban J connectivity index is 1.57. The molecule has 0 aliphatic heterocycles. The van der Waals surface area contributed by atoms with Gasteiger partial charge in [-0.25, -0.2) is 27.9 Å². The molecule has 1 heterocycles. The van der Waals surface area contributed by atoms with Crippen molar-refractivity contribution in [1.29, 1.82) is 0 Å². The second-order valence-electron chi connectivity index (χ2n) is 11.3. The summed E-state index contributed by atoms with van der Waals surface area (Å²) in [7, 11) is 0. The lowest BCUT2D eigenvalue weighted by atomic mass is 9.99. The molecule has 4 unspecified atom stereocenters. The average molecular weight is 599 g/mol. The standard InChI is InChI=1S/C35H45F3N2O3/c1-5-7-8-9-10-11-12-15-22-35(4,38)34(41)42-28-20-18-26(19-21-28)27-23-39-33(40-24-27)29-16-13-14-17-31(29)43-30(6-2)32(37)25(3)36/h13-14,16-21,23-25,30,32H,5-12,15,22H2,1-4H3. The number of unbranched alkanes of at least 4 members (excludes halogenated alkanes) is 7. The minimum absolute atomic E-state index is 0.138. The molecule has 0 N–H and O–H groups in total. The highest BCUT2D eigenvalue weighted by atomic mass is 19.2. The third-order valence-electron chi connectivity index (χ3n) is 7.58.